The van der Waals surface area contributed by atoms with Crippen molar-refractivity contribution in [3.8, 4) is 0 Å². The molecule has 8 nitrogen and oxygen atoms in total. The molecule has 0 unspecified atom stereocenters. The van der Waals surface area contributed by atoms with Crippen molar-refractivity contribution in [1.82, 2.24) is 15.2 Å². The molecule has 2 amide bonds. The first-order chi connectivity index (χ1) is 12.6. The zero-order chi connectivity index (χ0) is 18.4. The lowest BCUT2D eigenvalue weighted by molar-refractivity contribution is -0.181. The van der Waals surface area contributed by atoms with E-state index in [4.69, 9.17) is 14.2 Å². The number of nitrogens with one attached hydrogen (secondary N) is 1. The molecule has 1 aromatic rings. The Morgan fingerprint density at radius 3 is 2.73 bits per heavy atom. The summed E-state index contributed by atoms with van der Waals surface area (Å²) in [6.07, 6.45) is 3.54. The number of likely N-dealkylation sites (tertiary alicyclic amines) is 1. The molecule has 1 aromatic heterocycles. The first-order valence-electron chi connectivity index (χ1n) is 8.94. The predicted octanol–water partition coefficient (Wildman–Crippen LogP) is 0.827. The number of ether oxygens (including phenoxy) is 3. The SMILES string of the molecule is COCCCNC(=O)c1cc(C(=O)N2CCC3(CC2)OCCO3)ccn1. The van der Waals surface area contributed by atoms with Gasteiger partial charge in [0.15, 0.2) is 5.79 Å². The van der Waals surface area contributed by atoms with Crippen molar-refractivity contribution in [2.45, 2.75) is 25.0 Å². The Labute approximate surface area is 152 Å². The fourth-order valence-corrected chi connectivity index (χ4v) is 3.22. The average molecular weight is 363 g/mol. The number of piperidine rings is 1. The second-order valence-corrected chi connectivity index (χ2v) is 6.43. The zero-order valence-electron chi connectivity index (χ0n) is 15.0. The van der Waals surface area contributed by atoms with Crippen LogP contribution in [0.5, 0.6) is 0 Å². The molecule has 0 bridgehead atoms. The van der Waals surface area contributed by atoms with Crippen molar-refractivity contribution >= 4 is 11.8 Å². The van der Waals surface area contributed by atoms with Crippen LogP contribution in [0.2, 0.25) is 0 Å². The molecule has 0 radical (unpaired) electrons. The third kappa shape index (κ3) is 4.38. The molecule has 3 rings (SSSR count). The van der Waals surface area contributed by atoms with Gasteiger partial charge in [-0.3, -0.25) is 14.6 Å². The largest absolute Gasteiger partial charge is 0.385 e. The number of carbonyl (C=O) groups excluding carboxylic acids is 2. The van der Waals surface area contributed by atoms with Gasteiger partial charge in [-0.2, -0.15) is 0 Å². The molecule has 0 aromatic carbocycles. The average Bonchev–Trinajstić information content (AvgIpc) is 3.13. The van der Waals surface area contributed by atoms with Crippen LogP contribution >= 0.6 is 0 Å². The Bertz CT molecular complexity index is 635. The first-order valence-corrected chi connectivity index (χ1v) is 8.94. The van der Waals surface area contributed by atoms with Crippen LogP contribution in [-0.4, -0.2) is 74.1 Å². The second-order valence-electron chi connectivity index (χ2n) is 6.43. The highest BCUT2D eigenvalue weighted by atomic mass is 16.7. The maximum absolute atomic E-state index is 12.7. The van der Waals surface area contributed by atoms with E-state index in [9.17, 15) is 9.59 Å². The molecule has 8 heteroatoms. The Morgan fingerprint density at radius 1 is 1.31 bits per heavy atom. The van der Waals surface area contributed by atoms with E-state index in [0.717, 1.165) is 6.42 Å². The molecule has 3 heterocycles. The van der Waals surface area contributed by atoms with Gasteiger partial charge in [-0.1, -0.05) is 0 Å². The third-order valence-electron chi connectivity index (χ3n) is 4.68. The summed E-state index contributed by atoms with van der Waals surface area (Å²) in [6.45, 7) is 3.44. The second kappa shape index (κ2) is 8.57. The Balaban J connectivity index is 1.57. The van der Waals surface area contributed by atoms with Crippen LogP contribution < -0.4 is 5.32 Å². The van der Waals surface area contributed by atoms with E-state index in [1.165, 1.54) is 6.20 Å². The van der Waals surface area contributed by atoms with Crippen molar-refractivity contribution in [1.29, 1.82) is 0 Å². The molecular weight excluding hydrogens is 338 g/mol. The number of amides is 2. The van der Waals surface area contributed by atoms with Crippen molar-refractivity contribution in [2.75, 3.05) is 46.6 Å². The van der Waals surface area contributed by atoms with Crippen LogP contribution in [0.1, 0.15) is 40.1 Å². The summed E-state index contributed by atoms with van der Waals surface area (Å²) in [6, 6.07) is 3.18. The van der Waals surface area contributed by atoms with E-state index in [1.807, 2.05) is 0 Å². The van der Waals surface area contributed by atoms with Crippen LogP contribution in [0.15, 0.2) is 18.3 Å². The number of methoxy groups -OCH3 is 1. The van der Waals surface area contributed by atoms with Gasteiger partial charge in [0.1, 0.15) is 5.69 Å². The number of hydrogen-bond acceptors (Lipinski definition) is 6. The van der Waals surface area contributed by atoms with Gasteiger partial charge in [-0.25, -0.2) is 0 Å². The van der Waals surface area contributed by atoms with Gasteiger partial charge in [-0.15, -0.1) is 0 Å². The van der Waals surface area contributed by atoms with Crippen LogP contribution in [0, 0.1) is 0 Å². The summed E-state index contributed by atoms with van der Waals surface area (Å²) in [5.74, 6) is -0.905. The molecule has 1 spiro atoms. The summed E-state index contributed by atoms with van der Waals surface area (Å²) < 4.78 is 16.3. The maximum atomic E-state index is 12.7. The summed E-state index contributed by atoms with van der Waals surface area (Å²) in [7, 11) is 1.62. The van der Waals surface area contributed by atoms with Crippen molar-refractivity contribution in [2.24, 2.45) is 0 Å². The van der Waals surface area contributed by atoms with E-state index < -0.39 is 5.79 Å². The molecular formula is C18H25N3O5. The smallest absolute Gasteiger partial charge is 0.269 e. The number of nitrogens with zero attached hydrogens (tertiary/aromatic N) is 2. The van der Waals surface area contributed by atoms with Crippen LogP contribution in [-0.2, 0) is 14.2 Å². The monoisotopic (exact) mass is 363 g/mol. The van der Waals surface area contributed by atoms with Gasteiger partial charge >= 0.3 is 0 Å². The Kier molecular flexibility index (Phi) is 6.18. The molecule has 2 aliphatic heterocycles. The Hall–Kier alpha value is -2.03. The summed E-state index contributed by atoms with van der Waals surface area (Å²) in [4.78, 5) is 30.7. The van der Waals surface area contributed by atoms with Crippen LogP contribution in [0.25, 0.3) is 0 Å². The van der Waals surface area contributed by atoms with E-state index in [1.54, 1.807) is 24.1 Å². The van der Waals surface area contributed by atoms with Gasteiger partial charge < -0.3 is 24.4 Å². The lowest BCUT2D eigenvalue weighted by Crippen LogP contribution is -2.47. The molecule has 0 aliphatic carbocycles. The molecule has 142 valence electrons. The van der Waals surface area contributed by atoms with Crippen LogP contribution in [0.3, 0.4) is 0 Å². The lowest BCUT2D eigenvalue weighted by atomic mass is 10.0. The molecule has 2 fully saturated rings. The minimum absolute atomic E-state index is 0.103. The van der Waals surface area contributed by atoms with Gasteiger partial charge in [0.05, 0.1) is 13.2 Å². The topological polar surface area (TPSA) is 90.0 Å². The standard InChI is InChI=1S/C18H25N3O5/c1-24-10-2-6-20-16(22)15-13-14(3-7-19-15)17(23)21-8-4-18(5-9-21)25-11-12-26-18/h3,7,13H,2,4-6,8-12H2,1H3,(H,20,22). The zero-order valence-corrected chi connectivity index (χ0v) is 15.0. The summed E-state index contributed by atoms with van der Waals surface area (Å²) >= 11 is 0. The number of hydrogen-bond donors (Lipinski definition) is 1. The van der Waals surface area contributed by atoms with Gasteiger partial charge in [-0.05, 0) is 18.6 Å². The lowest BCUT2D eigenvalue weighted by Gasteiger charge is -2.37. The normalized spacial score (nSPS) is 18.9. The molecule has 0 saturated carbocycles. The minimum atomic E-state index is -0.512. The number of pyridine rings is 1. The first kappa shape index (κ1) is 18.8. The maximum Gasteiger partial charge on any atom is 0.269 e. The third-order valence-corrected chi connectivity index (χ3v) is 4.68. The van der Waals surface area contributed by atoms with E-state index in [-0.39, 0.29) is 17.5 Å². The van der Waals surface area contributed by atoms with Crippen molar-refractivity contribution < 1.29 is 23.8 Å². The van der Waals surface area contributed by atoms with Gasteiger partial charge in [0, 0.05) is 58.0 Å². The van der Waals surface area contributed by atoms with Crippen molar-refractivity contribution in [3.05, 3.63) is 29.6 Å². The molecule has 26 heavy (non-hydrogen) atoms. The predicted molar refractivity (Wildman–Crippen MR) is 92.8 cm³/mol. The number of rotatable bonds is 6. The fraction of sp³-hybridized carbons (Fsp3) is 0.611. The number of carbonyl (C=O) groups is 2. The highest BCUT2D eigenvalue weighted by Gasteiger charge is 2.40. The van der Waals surface area contributed by atoms with Crippen molar-refractivity contribution in [3.63, 3.8) is 0 Å². The fourth-order valence-electron chi connectivity index (χ4n) is 3.22. The molecule has 2 aliphatic rings. The summed E-state index contributed by atoms with van der Waals surface area (Å²) in [5, 5.41) is 2.77. The quantitative estimate of drug-likeness (QED) is 0.753. The molecule has 0 atom stereocenters. The van der Waals surface area contributed by atoms with E-state index in [0.29, 0.717) is 57.9 Å². The minimum Gasteiger partial charge on any atom is -0.385 e. The van der Waals surface area contributed by atoms with E-state index in [2.05, 4.69) is 10.3 Å². The number of aromatic nitrogens is 1. The highest BCUT2D eigenvalue weighted by Crippen LogP contribution is 2.31. The highest BCUT2D eigenvalue weighted by molar-refractivity contribution is 5.98. The Morgan fingerprint density at radius 2 is 2.04 bits per heavy atom. The van der Waals surface area contributed by atoms with Gasteiger partial charge in [0.2, 0.25) is 0 Å². The van der Waals surface area contributed by atoms with Crippen LogP contribution in [0.4, 0.5) is 0 Å². The molecule has 2 saturated heterocycles. The molecule has 1 N–H and O–H groups in total. The van der Waals surface area contributed by atoms with Gasteiger partial charge in [0.25, 0.3) is 11.8 Å². The summed E-state index contributed by atoms with van der Waals surface area (Å²) in [5.41, 5.74) is 0.704. The van der Waals surface area contributed by atoms with E-state index >= 15 is 0 Å².